The lowest BCUT2D eigenvalue weighted by Gasteiger charge is -2.04. The summed E-state index contributed by atoms with van der Waals surface area (Å²) in [5.41, 5.74) is 0. The van der Waals surface area contributed by atoms with Gasteiger partial charge in [0.1, 0.15) is 0 Å². The third-order valence-electron chi connectivity index (χ3n) is 4.32. The predicted molar refractivity (Wildman–Crippen MR) is 101 cm³/mol. The molecule has 0 fully saturated rings. The molecule has 0 saturated carbocycles. The molecule has 0 aliphatic carbocycles. The van der Waals surface area contributed by atoms with Gasteiger partial charge in [-0.05, 0) is 24.4 Å². The molecule has 0 radical (unpaired) electrons. The summed E-state index contributed by atoms with van der Waals surface area (Å²) in [4.78, 5) is 21.2. The molecule has 0 saturated heterocycles. The maximum atomic E-state index is 10.6. The van der Waals surface area contributed by atoms with Crippen molar-refractivity contribution in [3.05, 3.63) is 0 Å². The van der Waals surface area contributed by atoms with Crippen LogP contribution in [0.25, 0.3) is 0 Å². The topological polar surface area (TPSA) is 43.4 Å². The van der Waals surface area contributed by atoms with Gasteiger partial charge in [0.2, 0.25) is 5.24 Å². The van der Waals surface area contributed by atoms with Crippen molar-refractivity contribution in [1.82, 2.24) is 0 Å². The molecule has 0 heterocycles. The monoisotopic (exact) mass is 360 g/mol. The molecular formula is C20H37ClO3. The second-order valence-corrected chi connectivity index (χ2v) is 7.17. The van der Waals surface area contributed by atoms with Crippen LogP contribution in [-0.4, -0.2) is 17.8 Å². The normalized spacial score (nSPS) is 10.8. The number of carbonyl (C=O) groups excluding carboxylic acids is 2. The van der Waals surface area contributed by atoms with E-state index in [2.05, 4.69) is 0 Å². The standard InChI is InChI=1S/C20H37ClO3/c1-19(22)24-18-16-14-12-10-8-6-4-2-3-5-7-9-11-13-15-17-20(21)23/h2-18H2,1H3. The molecule has 24 heavy (non-hydrogen) atoms. The minimum absolute atomic E-state index is 0.169. The fraction of sp³-hybridized carbons (Fsp3) is 0.900. The number of unbranched alkanes of at least 4 members (excludes halogenated alkanes) is 14. The largest absolute Gasteiger partial charge is 0.466 e. The van der Waals surface area contributed by atoms with Crippen molar-refractivity contribution in [1.29, 1.82) is 0 Å². The van der Waals surface area contributed by atoms with Crippen molar-refractivity contribution in [2.45, 2.75) is 110 Å². The zero-order valence-electron chi connectivity index (χ0n) is 15.6. The Morgan fingerprint density at radius 2 is 0.958 bits per heavy atom. The van der Waals surface area contributed by atoms with Gasteiger partial charge in [0, 0.05) is 13.3 Å². The first-order chi connectivity index (χ1) is 11.6. The minimum atomic E-state index is -0.197. The molecular weight excluding hydrogens is 324 g/mol. The highest BCUT2D eigenvalue weighted by Crippen LogP contribution is 2.14. The maximum absolute atomic E-state index is 10.6. The summed E-state index contributed by atoms with van der Waals surface area (Å²) in [6.07, 6.45) is 19.4. The third-order valence-corrected chi connectivity index (χ3v) is 4.51. The van der Waals surface area contributed by atoms with Gasteiger partial charge in [0.15, 0.2) is 0 Å². The van der Waals surface area contributed by atoms with E-state index in [1.54, 1.807) is 0 Å². The van der Waals surface area contributed by atoms with Crippen LogP contribution in [0, 0.1) is 0 Å². The highest BCUT2D eigenvalue weighted by atomic mass is 35.5. The number of halogens is 1. The van der Waals surface area contributed by atoms with Crippen LogP contribution in [0.1, 0.15) is 110 Å². The van der Waals surface area contributed by atoms with E-state index in [1.807, 2.05) is 0 Å². The number of hydrogen-bond donors (Lipinski definition) is 0. The SMILES string of the molecule is CC(=O)OCCCCCCCCCCCCCCCCCC(=O)Cl. The quantitative estimate of drug-likeness (QED) is 0.158. The molecule has 3 nitrogen and oxygen atoms in total. The van der Waals surface area contributed by atoms with Gasteiger partial charge in [-0.3, -0.25) is 9.59 Å². The zero-order valence-corrected chi connectivity index (χ0v) is 16.4. The molecule has 0 spiro atoms. The Morgan fingerprint density at radius 3 is 1.29 bits per heavy atom. The highest BCUT2D eigenvalue weighted by Gasteiger charge is 1.97. The summed E-state index contributed by atoms with van der Waals surface area (Å²) in [6.45, 7) is 2.05. The molecule has 0 N–H and O–H groups in total. The van der Waals surface area contributed by atoms with Gasteiger partial charge in [-0.2, -0.15) is 0 Å². The van der Waals surface area contributed by atoms with Gasteiger partial charge in [0.25, 0.3) is 0 Å². The van der Waals surface area contributed by atoms with E-state index >= 15 is 0 Å². The van der Waals surface area contributed by atoms with E-state index in [4.69, 9.17) is 16.3 Å². The van der Waals surface area contributed by atoms with Crippen molar-refractivity contribution in [2.24, 2.45) is 0 Å². The van der Waals surface area contributed by atoms with Crippen molar-refractivity contribution in [3.63, 3.8) is 0 Å². The number of carbonyl (C=O) groups is 2. The minimum Gasteiger partial charge on any atom is -0.466 e. The first-order valence-corrected chi connectivity index (χ1v) is 10.3. The van der Waals surface area contributed by atoms with Crippen molar-refractivity contribution < 1.29 is 14.3 Å². The summed E-state index contributed by atoms with van der Waals surface area (Å²) in [7, 11) is 0. The Balaban J connectivity index is 3.00. The number of esters is 1. The molecule has 0 atom stereocenters. The molecule has 0 rings (SSSR count). The van der Waals surface area contributed by atoms with Gasteiger partial charge in [-0.1, -0.05) is 83.5 Å². The Kier molecular flexibility index (Phi) is 18.3. The van der Waals surface area contributed by atoms with Gasteiger partial charge in [-0.15, -0.1) is 0 Å². The summed E-state index contributed by atoms with van der Waals surface area (Å²) in [5, 5.41) is -0.197. The predicted octanol–water partition coefficient (Wildman–Crippen LogP) is 6.56. The molecule has 0 aromatic carbocycles. The first kappa shape index (κ1) is 23.4. The number of rotatable bonds is 18. The third kappa shape index (κ3) is 21.4. The molecule has 0 unspecified atom stereocenters. The van der Waals surface area contributed by atoms with Crippen LogP contribution in [-0.2, 0) is 14.3 Å². The second kappa shape index (κ2) is 18.8. The fourth-order valence-corrected chi connectivity index (χ4v) is 3.01. The van der Waals surface area contributed by atoms with Crippen molar-refractivity contribution >= 4 is 22.8 Å². The van der Waals surface area contributed by atoms with E-state index in [0.717, 1.165) is 19.3 Å². The van der Waals surface area contributed by atoms with Crippen LogP contribution in [0.4, 0.5) is 0 Å². The van der Waals surface area contributed by atoms with Gasteiger partial charge < -0.3 is 4.74 Å². The van der Waals surface area contributed by atoms with Crippen LogP contribution in [0.3, 0.4) is 0 Å². The van der Waals surface area contributed by atoms with Gasteiger partial charge >= 0.3 is 5.97 Å². The van der Waals surface area contributed by atoms with E-state index in [1.165, 1.54) is 84.0 Å². The molecule has 0 bridgehead atoms. The zero-order chi connectivity index (χ0) is 17.9. The van der Waals surface area contributed by atoms with Crippen molar-refractivity contribution in [2.75, 3.05) is 6.61 Å². The summed E-state index contributed by atoms with van der Waals surface area (Å²) in [6, 6.07) is 0. The lowest BCUT2D eigenvalue weighted by atomic mass is 10.0. The maximum Gasteiger partial charge on any atom is 0.302 e. The lowest BCUT2D eigenvalue weighted by Crippen LogP contribution is -2.00. The Labute approximate surface area is 153 Å². The van der Waals surface area contributed by atoms with E-state index in [-0.39, 0.29) is 11.2 Å². The molecule has 0 amide bonds. The molecule has 0 aliphatic heterocycles. The number of hydrogen-bond acceptors (Lipinski definition) is 3. The summed E-state index contributed by atoms with van der Waals surface area (Å²) in [5.74, 6) is -0.169. The molecule has 0 aromatic rings. The average Bonchev–Trinajstić information content (AvgIpc) is 2.53. The number of ether oxygens (including phenoxy) is 1. The Bertz CT molecular complexity index is 275. The molecule has 0 aromatic heterocycles. The lowest BCUT2D eigenvalue weighted by molar-refractivity contribution is -0.141. The van der Waals surface area contributed by atoms with Crippen LogP contribution in [0.15, 0.2) is 0 Å². The molecule has 4 heteroatoms. The fourth-order valence-electron chi connectivity index (χ4n) is 2.88. The summed E-state index contributed by atoms with van der Waals surface area (Å²) < 4.78 is 4.91. The van der Waals surface area contributed by atoms with E-state index in [0.29, 0.717) is 13.0 Å². The summed E-state index contributed by atoms with van der Waals surface area (Å²) >= 11 is 5.30. The van der Waals surface area contributed by atoms with Gasteiger partial charge in [0.05, 0.1) is 6.61 Å². The van der Waals surface area contributed by atoms with Crippen LogP contribution in [0.2, 0.25) is 0 Å². The first-order valence-electron chi connectivity index (χ1n) is 9.94. The molecule has 0 aliphatic rings. The van der Waals surface area contributed by atoms with Crippen LogP contribution >= 0.6 is 11.6 Å². The van der Waals surface area contributed by atoms with Gasteiger partial charge in [-0.25, -0.2) is 0 Å². The Morgan fingerprint density at radius 1 is 0.625 bits per heavy atom. The van der Waals surface area contributed by atoms with E-state index < -0.39 is 0 Å². The van der Waals surface area contributed by atoms with E-state index in [9.17, 15) is 9.59 Å². The van der Waals surface area contributed by atoms with Crippen molar-refractivity contribution in [3.8, 4) is 0 Å². The highest BCUT2D eigenvalue weighted by molar-refractivity contribution is 6.63. The smallest absolute Gasteiger partial charge is 0.302 e. The van der Waals surface area contributed by atoms with Crippen LogP contribution in [0.5, 0.6) is 0 Å². The second-order valence-electron chi connectivity index (χ2n) is 6.75. The Hall–Kier alpha value is -0.570. The molecule has 142 valence electrons. The average molecular weight is 361 g/mol. The van der Waals surface area contributed by atoms with Crippen LogP contribution < -0.4 is 0 Å².